The Balaban J connectivity index is 1.57. The van der Waals surface area contributed by atoms with Crippen molar-refractivity contribution in [3.8, 4) is 11.4 Å². The first-order chi connectivity index (χ1) is 12.9. The maximum atomic E-state index is 13.6. The lowest BCUT2D eigenvalue weighted by atomic mass is 10.1. The Morgan fingerprint density at radius 2 is 2.04 bits per heavy atom. The highest BCUT2D eigenvalue weighted by atomic mass is 35.5. The number of carbonyl (C=O) groups is 1. The van der Waals surface area contributed by atoms with Crippen molar-refractivity contribution in [3.05, 3.63) is 64.5 Å². The molecule has 0 spiro atoms. The number of anilines is 1. The molecule has 0 saturated carbocycles. The lowest BCUT2D eigenvalue weighted by Crippen LogP contribution is -2.25. The predicted molar refractivity (Wildman–Crippen MR) is 95.6 cm³/mol. The molecule has 8 heteroatoms. The fourth-order valence-corrected chi connectivity index (χ4v) is 3.30. The molecule has 5 nitrogen and oxygen atoms in total. The summed E-state index contributed by atoms with van der Waals surface area (Å²) in [6.07, 6.45) is 0.202. The minimum atomic E-state index is -0.575. The number of rotatable bonds is 3. The van der Waals surface area contributed by atoms with Crippen molar-refractivity contribution in [1.29, 1.82) is 0 Å². The predicted octanol–water partition coefficient (Wildman–Crippen LogP) is 4.50. The second-order valence-electron chi connectivity index (χ2n) is 6.42. The molecule has 0 radical (unpaired) electrons. The number of aryl methyl sites for hydroxylation is 1. The molecule has 2 aromatic carbocycles. The fourth-order valence-electron chi connectivity index (χ4n) is 3.18. The van der Waals surface area contributed by atoms with Crippen LogP contribution in [0.1, 0.15) is 23.8 Å². The smallest absolute Gasteiger partial charge is 0.232 e. The Bertz CT molecular complexity index is 1040. The van der Waals surface area contributed by atoms with Crippen molar-refractivity contribution in [2.45, 2.75) is 19.3 Å². The van der Waals surface area contributed by atoms with Gasteiger partial charge >= 0.3 is 0 Å². The third-order valence-electron chi connectivity index (χ3n) is 4.54. The summed E-state index contributed by atoms with van der Waals surface area (Å²) < 4.78 is 32.3. The summed E-state index contributed by atoms with van der Waals surface area (Å²) in [4.78, 5) is 18.3. The van der Waals surface area contributed by atoms with Crippen LogP contribution in [0.25, 0.3) is 11.4 Å². The van der Waals surface area contributed by atoms with Crippen LogP contribution in [0, 0.1) is 18.6 Å². The summed E-state index contributed by atoms with van der Waals surface area (Å²) in [5.74, 6) is -0.793. The average molecular weight is 390 g/mol. The minimum Gasteiger partial charge on any atom is -0.339 e. The van der Waals surface area contributed by atoms with Gasteiger partial charge in [0.2, 0.25) is 17.6 Å². The van der Waals surface area contributed by atoms with E-state index in [2.05, 4.69) is 10.1 Å². The number of hydrogen-bond acceptors (Lipinski definition) is 4. The molecule has 0 bridgehead atoms. The van der Waals surface area contributed by atoms with Gasteiger partial charge in [-0.25, -0.2) is 8.78 Å². The summed E-state index contributed by atoms with van der Waals surface area (Å²) in [6, 6.07) is 8.53. The third kappa shape index (κ3) is 3.30. The van der Waals surface area contributed by atoms with Gasteiger partial charge in [-0.1, -0.05) is 16.8 Å². The monoisotopic (exact) mass is 389 g/mol. The summed E-state index contributed by atoms with van der Waals surface area (Å²) >= 11 is 5.68. The molecule has 2 heterocycles. The maximum absolute atomic E-state index is 13.6. The molecule has 3 aromatic rings. The van der Waals surface area contributed by atoms with Gasteiger partial charge in [0.05, 0.1) is 10.9 Å². The lowest BCUT2D eigenvalue weighted by Gasteiger charge is -2.18. The molecule has 1 fully saturated rings. The standard InChI is InChI=1S/C19H14ClF2N3O2/c1-10-6-13(21)3-5-16(10)25-9-12(8-17(25)26)19-23-18(24-27-19)11-2-4-14(20)15(22)7-11/h2-7,12H,8-9H2,1H3. The van der Waals surface area contributed by atoms with Crippen LogP contribution in [0.5, 0.6) is 0 Å². The number of aromatic nitrogens is 2. The van der Waals surface area contributed by atoms with Crippen LogP contribution in [0.3, 0.4) is 0 Å². The summed E-state index contributed by atoms with van der Waals surface area (Å²) in [7, 11) is 0. The molecule has 138 valence electrons. The van der Waals surface area contributed by atoms with Crippen LogP contribution < -0.4 is 4.90 Å². The van der Waals surface area contributed by atoms with Gasteiger partial charge in [-0.15, -0.1) is 0 Å². The highest BCUT2D eigenvalue weighted by Crippen LogP contribution is 2.33. The van der Waals surface area contributed by atoms with E-state index in [9.17, 15) is 13.6 Å². The zero-order valence-electron chi connectivity index (χ0n) is 14.2. The molecule has 1 atom stereocenters. The molecule has 1 unspecified atom stereocenters. The number of halogens is 3. The number of benzene rings is 2. The quantitative estimate of drug-likeness (QED) is 0.662. The summed E-state index contributed by atoms with van der Waals surface area (Å²) in [5, 5.41) is 3.89. The number of amides is 1. The van der Waals surface area contributed by atoms with E-state index in [1.165, 1.54) is 24.3 Å². The first-order valence-corrected chi connectivity index (χ1v) is 8.65. The van der Waals surface area contributed by atoms with Gasteiger partial charge in [-0.2, -0.15) is 4.98 Å². The third-order valence-corrected chi connectivity index (χ3v) is 4.85. The molecule has 1 saturated heterocycles. The number of hydrogen-bond donors (Lipinski definition) is 0. The lowest BCUT2D eigenvalue weighted by molar-refractivity contribution is -0.117. The van der Waals surface area contributed by atoms with Gasteiger partial charge in [0.25, 0.3) is 0 Å². The summed E-state index contributed by atoms with van der Waals surface area (Å²) in [5.41, 5.74) is 1.76. The summed E-state index contributed by atoms with van der Waals surface area (Å²) in [6.45, 7) is 2.10. The largest absolute Gasteiger partial charge is 0.339 e. The molecular formula is C19H14ClF2N3O2. The highest BCUT2D eigenvalue weighted by Gasteiger charge is 2.35. The molecular weight excluding hydrogens is 376 g/mol. The van der Waals surface area contributed by atoms with Gasteiger partial charge in [-0.3, -0.25) is 4.79 Å². The Hall–Kier alpha value is -2.80. The Morgan fingerprint density at radius 1 is 1.22 bits per heavy atom. The molecule has 0 aliphatic carbocycles. The van der Waals surface area contributed by atoms with Crippen molar-refractivity contribution < 1.29 is 18.1 Å². The first kappa shape index (κ1) is 17.6. The molecule has 4 rings (SSSR count). The highest BCUT2D eigenvalue weighted by molar-refractivity contribution is 6.30. The van der Waals surface area contributed by atoms with E-state index in [1.807, 2.05) is 0 Å². The molecule has 1 amide bonds. The van der Waals surface area contributed by atoms with Crippen LogP contribution in [0.2, 0.25) is 5.02 Å². The van der Waals surface area contributed by atoms with E-state index < -0.39 is 5.82 Å². The van der Waals surface area contributed by atoms with Gasteiger partial charge in [0, 0.05) is 24.2 Å². The zero-order valence-corrected chi connectivity index (χ0v) is 15.0. The Kier molecular flexibility index (Phi) is 4.39. The van der Waals surface area contributed by atoms with Crippen molar-refractivity contribution in [3.63, 3.8) is 0 Å². The Labute approximate surface area is 158 Å². The Morgan fingerprint density at radius 3 is 2.78 bits per heavy atom. The molecule has 1 aliphatic heterocycles. The van der Waals surface area contributed by atoms with E-state index in [1.54, 1.807) is 24.0 Å². The maximum Gasteiger partial charge on any atom is 0.232 e. The van der Waals surface area contributed by atoms with E-state index in [-0.39, 0.29) is 34.9 Å². The van der Waals surface area contributed by atoms with Crippen LogP contribution in [0.15, 0.2) is 40.9 Å². The van der Waals surface area contributed by atoms with Crippen molar-refractivity contribution in [1.82, 2.24) is 10.1 Å². The average Bonchev–Trinajstić information content (AvgIpc) is 3.25. The van der Waals surface area contributed by atoms with Crippen molar-refractivity contribution in [2.24, 2.45) is 0 Å². The van der Waals surface area contributed by atoms with E-state index in [4.69, 9.17) is 16.1 Å². The van der Waals surface area contributed by atoms with Crippen LogP contribution in [-0.4, -0.2) is 22.6 Å². The number of carbonyl (C=O) groups excluding carboxylic acids is 1. The fraction of sp³-hybridized carbons (Fsp3) is 0.211. The van der Waals surface area contributed by atoms with E-state index >= 15 is 0 Å². The van der Waals surface area contributed by atoms with Crippen LogP contribution in [-0.2, 0) is 4.79 Å². The minimum absolute atomic E-state index is 0.00849. The van der Waals surface area contributed by atoms with E-state index in [0.717, 1.165) is 0 Å². The molecule has 1 aliphatic rings. The van der Waals surface area contributed by atoms with Crippen molar-refractivity contribution in [2.75, 3.05) is 11.4 Å². The topological polar surface area (TPSA) is 59.2 Å². The second kappa shape index (κ2) is 6.74. The van der Waals surface area contributed by atoms with Gasteiger partial charge in [0.15, 0.2) is 0 Å². The van der Waals surface area contributed by atoms with Gasteiger partial charge in [0.1, 0.15) is 11.6 Å². The zero-order chi connectivity index (χ0) is 19.1. The van der Waals surface area contributed by atoms with Crippen LogP contribution >= 0.6 is 11.6 Å². The van der Waals surface area contributed by atoms with Crippen LogP contribution in [0.4, 0.5) is 14.5 Å². The normalized spacial score (nSPS) is 17.0. The van der Waals surface area contributed by atoms with Crippen molar-refractivity contribution >= 4 is 23.2 Å². The number of nitrogens with zero attached hydrogens (tertiary/aromatic N) is 3. The van der Waals surface area contributed by atoms with Gasteiger partial charge < -0.3 is 9.42 Å². The molecule has 27 heavy (non-hydrogen) atoms. The second-order valence-corrected chi connectivity index (χ2v) is 6.83. The first-order valence-electron chi connectivity index (χ1n) is 8.28. The van der Waals surface area contributed by atoms with E-state index in [0.29, 0.717) is 29.2 Å². The SMILES string of the molecule is Cc1cc(F)ccc1N1CC(c2nc(-c3ccc(Cl)c(F)c3)no2)CC1=O. The van der Waals surface area contributed by atoms with Gasteiger partial charge in [-0.05, 0) is 48.9 Å². The molecule has 0 N–H and O–H groups in total. The molecule has 1 aromatic heterocycles.